The number of halogens is 5. The fourth-order valence-corrected chi connectivity index (χ4v) is 4.58. The SMILES string of the molecule is CC(N)c1cccc(-c2ccc(N3CCC[C@@H](CC(=O)Cc4ccc(C(F)(F)F)cn4)C3=O)c(F)c2F)c1. The summed E-state index contributed by atoms with van der Waals surface area (Å²) in [7, 11) is 0. The maximum atomic E-state index is 15.2. The van der Waals surface area contributed by atoms with E-state index in [0.717, 1.165) is 22.6 Å². The van der Waals surface area contributed by atoms with Gasteiger partial charge in [-0.15, -0.1) is 0 Å². The molecule has 0 bridgehead atoms. The average molecular weight is 532 g/mol. The Labute approximate surface area is 216 Å². The highest BCUT2D eigenvalue weighted by molar-refractivity contribution is 5.98. The number of Topliss-reactive ketones (excluding diaryl/α,β-unsaturated/α-hetero) is 1. The highest BCUT2D eigenvalue weighted by Gasteiger charge is 2.34. The quantitative estimate of drug-likeness (QED) is 0.379. The van der Waals surface area contributed by atoms with Crippen molar-refractivity contribution in [1.29, 1.82) is 0 Å². The van der Waals surface area contributed by atoms with Crippen LogP contribution in [0.25, 0.3) is 11.1 Å². The largest absolute Gasteiger partial charge is 0.417 e. The number of hydrogen-bond acceptors (Lipinski definition) is 4. The number of nitrogens with two attached hydrogens (primary N) is 1. The standard InChI is InChI=1S/C28H26F5N3O2/c1-16(34)17-4-2-5-18(12-17)23-9-10-24(26(30)25(23)29)36-11-3-6-19(27(36)38)13-22(37)14-21-8-7-20(15-35-21)28(31,32)33/h2,4-5,7-10,12,15-16,19H,3,6,11,13-14,34H2,1H3/t16?,19-/m0/s1. The molecule has 200 valence electrons. The van der Waals surface area contributed by atoms with Gasteiger partial charge in [-0.1, -0.05) is 18.2 Å². The lowest BCUT2D eigenvalue weighted by molar-refractivity contribution is -0.137. The van der Waals surface area contributed by atoms with Gasteiger partial charge in [-0.05, 0) is 61.2 Å². The molecule has 2 N–H and O–H groups in total. The number of aromatic nitrogens is 1. The van der Waals surface area contributed by atoms with Gasteiger partial charge in [0, 0.05) is 48.8 Å². The highest BCUT2D eigenvalue weighted by atomic mass is 19.4. The number of benzene rings is 2. The van der Waals surface area contributed by atoms with Crippen LogP contribution in [0.1, 0.15) is 49.0 Å². The zero-order valence-corrected chi connectivity index (χ0v) is 20.6. The number of carbonyl (C=O) groups is 2. The maximum Gasteiger partial charge on any atom is 0.417 e. The Balaban J connectivity index is 1.48. The zero-order valence-electron chi connectivity index (χ0n) is 20.6. The highest BCUT2D eigenvalue weighted by Crippen LogP contribution is 2.34. The van der Waals surface area contributed by atoms with Gasteiger partial charge < -0.3 is 10.6 Å². The molecule has 0 spiro atoms. The molecular weight excluding hydrogens is 505 g/mol. The molecule has 1 aliphatic rings. The van der Waals surface area contributed by atoms with Crippen LogP contribution in [0.4, 0.5) is 27.6 Å². The maximum absolute atomic E-state index is 15.2. The van der Waals surface area contributed by atoms with Crippen LogP contribution in [0, 0.1) is 17.6 Å². The molecule has 0 radical (unpaired) electrons. The van der Waals surface area contributed by atoms with Crippen LogP contribution in [0.2, 0.25) is 0 Å². The Bertz CT molecular complexity index is 1340. The van der Waals surface area contributed by atoms with Crippen LogP contribution in [0.5, 0.6) is 0 Å². The third-order valence-corrected chi connectivity index (χ3v) is 6.63. The molecule has 1 fully saturated rings. The Kier molecular flexibility index (Phi) is 7.91. The van der Waals surface area contributed by atoms with Gasteiger partial charge >= 0.3 is 6.18 Å². The van der Waals surface area contributed by atoms with E-state index in [0.29, 0.717) is 24.6 Å². The van der Waals surface area contributed by atoms with Crippen molar-refractivity contribution in [3.8, 4) is 11.1 Å². The van der Waals surface area contributed by atoms with Gasteiger partial charge in [0.15, 0.2) is 11.6 Å². The third kappa shape index (κ3) is 5.91. The molecule has 0 saturated carbocycles. The lowest BCUT2D eigenvalue weighted by Gasteiger charge is -2.32. The van der Waals surface area contributed by atoms with Crippen molar-refractivity contribution >= 4 is 17.4 Å². The first-order valence-electron chi connectivity index (χ1n) is 12.1. The molecule has 2 atom stereocenters. The van der Waals surface area contributed by atoms with Crippen molar-refractivity contribution in [1.82, 2.24) is 4.98 Å². The molecule has 38 heavy (non-hydrogen) atoms. The summed E-state index contributed by atoms with van der Waals surface area (Å²) in [5.41, 5.74) is 6.17. The lowest BCUT2D eigenvalue weighted by Crippen LogP contribution is -2.42. The van der Waals surface area contributed by atoms with Gasteiger partial charge in [0.2, 0.25) is 5.91 Å². The summed E-state index contributed by atoms with van der Waals surface area (Å²) in [5.74, 6) is -3.90. The minimum absolute atomic E-state index is 0.0361. The number of hydrogen-bond donors (Lipinski definition) is 1. The number of alkyl halides is 3. The number of rotatable bonds is 7. The monoisotopic (exact) mass is 531 g/mol. The summed E-state index contributed by atoms with van der Waals surface area (Å²) in [5, 5.41) is 0. The second-order valence-corrected chi connectivity index (χ2v) is 9.46. The Morgan fingerprint density at radius 1 is 1.13 bits per heavy atom. The molecule has 10 heteroatoms. The smallest absolute Gasteiger partial charge is 0.324 e. The van der Waals surface area contributed by atoms with E-state index in [2.05, 4.69) is 4.98 Å². The molecule has 1 unspecified atom stereocenters. The van der Waals surface area contributed by atoms with E-state index in [1.807, 2.05) is 0 Å². The average Bonchev–Trinajstić information content (AvgIpc) is 2.87. The van der Waals surface area contributed by atoms with Gasteiger partial charge in [0.25, 0.3) is 0 Å². The van der Waals surface area contributed by atoms with E-state index < -0.39 is 35.2 Å². The Hall–Kier alpha value is -3.66. The van der Waals surface area contributed by atoms with Crippen LogP contribution >= 0.6 is 0 Å². The van der Waals surface area contributed by atoms with Crippen molar-refractivity contribution in [2.24, 2.45) is 11.7 Å². The summed E-state index contributed by atoms with van der Waals surface area (Å²) in [6, 6.07) is 11.3. The fraction of sp³-hybridized carbons (Fsp3) is 0.321. The minimum atomic E-state index is -4.53. The summed E-state index contributed by atoms with van der Waals surface area (Å²) in [6.07, 6.45) is -3.43. The number of carbonyl (C=O) groups excluding carboxylic acids is 2. The van der Waals surface area contributed by atoms with Crippen LogP contribution in [0.3, 0.4) is 0 Å². The fourth-order valence-electron chi connectivity index (χ4n) is 4.58. The van der Waals surface area contributed by atoms with Gasteiger partial charge in [0.1, 0.15) is 5.78 Å². The molecule has 1 aromatic heterocycles. The number of anilines is 1. The number of amides is 1. The summed E-state index contributed by atoms with van der Waals surface area (Å²) >= 11 is 0. The second kappa shape index (κ2) is 11.0. The van der Waals surface area contributed by atoms with Crippen molar-refractivity contribution in [2.45, 2.75) is 44.8 Å². The van der Waals surface area contributed by atoms with E-state index in [1.54, 1.807) is 31.2 Å². The van der Waals surface area contributed by atoms with Crippen molar-refractivity contribution < 1.29 is 31.5 Å². The summed E-state index contributed by atoms with van der Waals surface area (Å²) in [6.45, 7) is 1.95. The van der Waals surface area contributed by atoms with E-state index in [9.17, 15) is 22.8 Å². The molecule has 0 aliphatic carbocycles. The predicted octanol–water partition coefficient (Wildman–Crippen LogP) is 6.01. The molecule has 3 aromatic rings. The number of nitrogens with zero attached hydrogens (tertiary/aromatic N) is 2. The zero-order chi connectivity index (χ0) is 27.6. The molecule has 1 saturated heterocycles. The van der Waals surface area contributed by atoms with E-state index >= 15 is 8.78 Å². The van der Waals surface area contributed by atoms with Crippen LogP contribution in [-0.2, 0) is 22.2 Å². The van der Waals surface area contributed by atoms with Crippen molar-refractivity contribution in [2.75, 3.05) is 11.4 Å². The van der Waals surface area contributed by atoms with Gasteiger partial charge in [-0.3, -0.25) is 14.6 Å². The first kappa shape index (κ1) is 27.4. The first-order chi connectivity index (χ1) is 18.0. The summed E-state index contributed by atoms with van der Waals surface area (Å²) < 4.78 is 68.5. The predicted molar refractivity (Wildman–Crippen MR) is 132 cm³/mol. The number of piperidine rings is 1. The van der Waals surface area contributed by atoms with Crippen LogP contribution in [0.15, 0.2) is 54.7 Å². The van der Waals surface area contributed by atoms with Crippen LogP contribution in [-0.4, -0.2) is 23.2 Å². The van der Waals surface area contributed by atoms with E-state index in [-0.39, 0.29) is 48.2 Å². The molecule has 1 aliphatic heterocycles. The molecule has 2 heterocycles. The molecular formula is C28H26F5N3O2. The van der Waals surface area contributed by atoms with Gasteiger partial charge in [0.05, 0.1) is 11.3 Å². The second-order valence-electron chi connectivity index (χ2n) is 9.46. The third-order valence-electron chi connectivity index (χ3n) is 6.63. The van der Waals surface area contributed by atoms with Crippen LogP contribution < -0.4 is 10.6 Å². The molecule has 5 nitrogen and oxygen atoms in total. The molecule has 4 rings (SSSR count). The Morgan fingerprint density at radius 3 is 2.55 bits per heavy atom. The minimum Gasteiger partial charge on any atom is -0.324 e. The van der Waals surface area contributed by atoms with Crippen molar-refractivity contribution in [3.05, 3.63) is 83.2 Å². The van der Waals surface area contributed by atoms with E-state index in [4.69, 9.17) is 5.73 Å². The van der Waals surface area contributed by atoms with Gasteiger partial charge in [-0.2, -0.15) is 13.2 Å². The topological polar surface area (TPSA) is 76.3 Å². The van der Waals surface area contributed by atoms with Gasteiger partial charge in [-0.25, -0.2) is 8.78 Å². The Morgan fingerprint density at radius 2 is 1.89 bits per heavy atom. The molecule has 1 amide bonds. The lowest BCUT2D eigenvalue weighted by atomic mass is 9.90. The number of ketones is 1. The first-order valence-corrected chi connectivity index (χ1v) is 12.1. The number of pyridine rings is 1. The molecule has 2 aromatic carbocycles. The normalized spacial score (nSPS) is 17.0. The van der Waals surface area contributed by atoms with Crippen molar-refractivity contribution in [3.63, 3.8) is 0 Å². The summed E-state index contributed by atoms with van der Waals surface area (Å²) in [4.78, 5) is 30.6. The van der Waals surface area contributed by atoms with E-state index in [1.165, 1.54) is 12.1 Å².